The summed E-state index contributed by atoms with van der Waals surface area (Å²) in [6.45, 7) is 4.59. The van der Waals surface area contributed by atoms with E-state index in [1.807, 2.05) is 29.7 Å². The molecular formula is C15H20Cl2N4O. The van der Waals surface area contributed by atoms with Crippen molar-refractivity contribution in [2.75, 3.05) is 18.4 Å². The van der Waals surface area contributed by atoms with Crippen molar-refractivity contribution in [2.24, 2.45) is 5.92 Å². The minimum atomic E-state index is 0. The number of anilines is 1. The van der Waals surface area contributed by atoms with Crippen molar-refractivity contribution in [2.45, 2.75) is 26.3 Å². The molecule has 1 amide bonds. The first kappa shape index (κ1) is 17.1. The number of piperidine rings is 1. The van der Waals surface area contributed by atoms with Gasteiger partial charge in [0.2, 0.25) is 11.9 Å². The van der Waals surface area contributed by atoms with Crippen molar-refractivity contribution >= 4 is 46.9 Å². The molecule has 0 bridgehead atoms. The quantitative estimate of drug-likeness (QED) is 0.901. The van der Waals surface area contributed by atoms with E-state index in [1.165, 1.54) is 0 Å². The second kappa shape index (κ2) is 7.31. The number of carbonyl (C=O) groups is 1. The zero-order valence-electron chi connectivity index (χ0n) is 12.4. The molecule has 120 valence electrons. The highest BCUT2D eigenvalue weighted by atomic mass is 35.5. The van der Waals surface area contributed by atoms with Gasteiger partial charge in [0.15, 0.2) is 0 Å². The number of nitrogens with zero attached hydrogens (tertiary/aromatic N) is 2. The Bertz CT molecular complexity index is 665. The van der Waals surface area contributed by atoms with E-state index < -0.39 is 0 Å². The van der Waals surface area contributed by atoms with Gasteiger partial charge in [-0.3, -0.25) is 10.1 Å². The topological polar surface area (TPSA) is 59.0 Å². The van der Waals surface area contributed by atoms with E-state index in [0.717, 1.165) is 43.5 Å². The van der Waals surface area contributed by atoms with Crippen LogP contribution in [-0.4, -0.2) is 28.5 Å². The molecule has 0 spiro atoms. The van der Waals surface area contributed by atoms with Crippen LogP contribution in [0.5, 0.6) is 0 Å². The number of hydrogen-bond donors (Lipinski definition) is 2. The summed E-state index contributed by atoms with van der Waals surface area (Å²) in [6, 6.07) is 5.60. The highest BCUT2D eigenvalue weighted by Crippen LogP contribution is 2.24. The van der Waals surface area contributed by atoms with E-state index in [9.17, 15) is 4.79 Å². The Morgan fingerprint density at radius 1 is 1.45 bits per heavy atom. The lowest BCUT2D eigenvalue weighted by Crippen LogP contribution is -2.35. The van der Waals surface area contributed by atoms with E-state index in [1.54, 1.807) is 0 Å². The zero-order chi connectivity index (χ0) is 14.8. The van der Waals surface area contributed by atoms with Crippen molar-refractivity contribution in [1.29, 1.82) is 0 Å². The lowest BCUT2D eigenvalue weighted by Gasteiger charge is -2.21. The molecular weight excluding hydrogens is 323 g/mol. The van der Waals surface area contributed by atoms with Gasteiger partial charge in [-0.25, -0.2) is 4.98 Å². The number of amides is 1. The Morgan fingerprint density at radius 2 is 2.18 bits per heavy atom. The third-order valence-electron chi connectivity index (χ3n) is 3.97. The van der Waals surface area contributed by atoms with Crippen LogP contribution < -0.4 is 10.6 Å². The van der Waals surface area contributed by atoms with Gasteiger partial charge in [-0.2, -0.15) is 0 Å². The summed E-state index contributed by atoms with van der Waals surface area (Å²) >= 11 is 6.01. The minimum Gasteiger partial charge on any atom is -0.317 e. The Kier molecular flexibility index (Phi) is 5.67. The normalized spacial score (nSPS) is 15.5. The van der Waals surface area contributed by atoms with Gasteiger partial charge in [-0.15, -0.1) is 12.4 Å². The highest BCUT2D eigenvalue weighted by molar-refractivity contribution is 6.31. The first-order chi connectivity index (χ1) is 10.2. The monoisotopic (exact) mass is 342 g/mol. The lowest BCUT2D eigenvalue weighted by atomic mass is 9.97. The molecule has 0 saturated carbocycles. The SMILES string of the molecule is CCn1c(NC(=O)C2CCNCC2)nc2cc(Cl)ccc21.Cl. The van der Waals surface area contributed by atoms with E-state index in [4.69, 9.17) is 11.6 Å². The van der Waals surface area contributed by atoms with Gasteiger partial charge in [-0.05, 0) is 51.1 Å². The number of hydrogen-bond acceptors (Lipinski definition) is 3. The molecule has 2 N–H and O–H groups in total. The molecule has 0 radical (unpaired) electrons. The summed E-state index contributed by atoms with van der Waals surface area (Å²) in [5.74, 6) is 0.742. The van der Waals surface area contributed by atoms with Crippen LogP contribution in [0.4, 0.5) is 5.95 Å². The van der Waals surface area contributed by atoms with Crippen molar-refractivity contribution in [3.8, 4) is 0 Å². The number of benzene rings is 1. The molecule has 3 rings (SSSR count). The van der Waals surface area contributed by atoms with E-state index in [2.05, 4.69) is 15.6 Å². The Balaban J connectivity index is 0.00000176. The maximum atomic E-state index is 12.4. The van der Waals surface area contributed by atoms with Crippen LogP contribution in [0.2, 0.25) is 5.02 Å². The number of aryl methyl sites for hydroxylation is 1. The fourth-order valence-corrected chi connectivity index (χ4v) is 2.98. The first-order valence-electron chi connectivity index (χ1n) is 7.36. The third kappa shape index (κ3) is 3.37. The number of carbonyl (C=O) groups excluding carboxylic acids is 1. The van der Waals surface area contributed by atoms with Gasteiger partial charge in [0.05, 0.1) is 11.0 Å². The van der Waals surface area contributed by atoms with Gasteiger partial charge in [-0.1, -0.05) is 11.6 Å². The summed E-state index contributed by atoms with van der Waals surface area (Å²) < 4.78 is 2.00. The largest absolute Gasteiger partial charge is 0.317 e. The van der Waals surface area contributed by atoms with Crippen LogP contribution in [-0.2, 0) is 11.3 Å². The summed E-state index contributed by atoms with van der Waals surface area (Å²) in [5, 5.41) is 6.90. The van der Waals surface area contributed by atoms with Crippen molar-refractivity contribution in [1.82, 2.24) is 14.9 Å². The van der Waals surface area contributed by atoms with E-state index in [-0.39, 0.29) is 24.2 Å². The number of aromatic nitrogens is 2. The number of nitrogens with one attached hydrogen (secondary N) is 2. The average Bonchev–Trinajstić information content (AvgIpc) is 2.84. The van der Waals surface area contributed by atoms with E-state index in [0.29, 0.717) is 11.0 Å². The molecule has 1 aromatic carbocycles. The van der Waals surface area contributed by atoms with Crippen LogP contribution in [0.15, 0.2) is 18.2 Å². The van der Waals surface area contributed by atoms with Crippen LogP contribution in [0, 0.1) is 5.92 Å². The number of rotatable bonds is 3. The van der Waals surface area contributed by atoms with Crippen molar-refractivity contribution in [3.05, 3.63) is 23.2 Å². The third-order valence-corrected chi connectivity index (χ3v) is 4.21. The molecule has 0 aliphatic carbocycles. The summed E-state index contributed by atoms with van der Waals surface area (Å²) in [7, 11) is 0. The van der Waals surface area contributed by atoms with Crippen molar-refractivity contribution in [3.63, 3.8) is 0 Å². The predicted octanol–water partition coefficient (Wildman–Crippen LogP) is 3.07. The molecule has 2 aromatic rings. The van der Waals surface area contributed by atoms with Gasteiger partial charge >= 0.3 is 0 Å². The van der Waals surface area contributed by atoms with Gasteiger partial charge in [0.1, 0.15) is 0 Å². The van der Waals surface area contributed by atoms with Crippen LogP contribution >= 0.6 is 24.0 Å². The number of imidazole rings is 1. The molecule has 1 saturated heterocycles. The Hall–Kier alpha value is -1.30. The standard InChI is InChI=1S/C15H19ClN4O.ClH/c1-2-20-13-4-3-11(16)9-12(13)18-15(20)19-14(21)10-5-7-17-8-6-10;/h3-4,9-10,17H,2,5-8H2,1H3,(H,18,19,21);1H. The smallest absolute Gasteiger partial charge is 0.229 e. The summed E-state index contributed by atoms with van der Waals surface area (Å²) in [6.07, 6.45) is 1.76. The minimum absolute atomic E-state index is 0. The second-order valence-electron chi connectivity index (χ2n) is 5.33. The number of halogens is 2. The second-order valence-corrected chi connectivity index (χ2v) is 5.76. The molecule has 2 heterocycles. The molecule has 22 heavy (non-hydrogen) atoms. The summed E-state index contributed by atoms with van der Waals surface area (Å²) in [5.41, 5.74) is 1.80. The molecule has 1 aliphatic heterocycles. The van der Waals surface area contributed by atoms with E-state index >= 15 is 0 Å². The van der Waals surface area contributed by atoms with Gasteiger partial charge in [0.25, 0.3) is 0 Å². The van der Waals surface area contributed by atoms with Crippen LogP contribution in [0.3, 0.4) is 0 Å². The number of fused-ring (bicyclic) bond motifs is 1. The summed E-state index contributed by atoms with van der Waals surface area (Å²) in [4.78, 5) is 16.9. The van der Waals surface area contributed by atoms with Gasteiger partial charge in [0, 0.05) is 17.5 Å². The maximum absolute atomic E-state index is 12.4. The fourth-order valence-electron chi connectivity index (χ4n) is 2.81. The molecule has 0 atom stereocenters. The van der Waals surface area contributed by atoms with Crippen LogP contribution in [0.1, 0.15) is 19.8 Å². The van der Waals surface area contributed by atoms with Crippen molar-refractivity contribution < 1.29 is 4.79 Å². The van der Waals surface area contributed by atoms with Gasteiger partial charge < -0.3 is 9.88 Å². The Labute approximate surface area is 140 Å². The Morgan fingerprint density at radius 3 is 2.86 bits per heavy atom. The molecule has 1 aromatic heterocycles. The molecule has 0 unspecified atom stereocenters. The fraction of sp³-hybridized carbons (Fsp3) is 0.467. The average molecular weight is 343 g/mol. The maximum Gasteiger partial charge on any atom is 0.229 e. The first-order valence-corrected chi connectivity index (χ1v) is 7.74. The van der Waals surface area contributed by atoms with Crippen LogP contribution in [0.25, 0.3) is 11.0 Å². The molecule has 7 heteroatoms. The molecule has 5 nitrogen and oxygen atoms in total. The lowest BCUT2D eigenvalue weighted by molar-refractivity contribution is -0.120. The molecule has 1 aliphatic rings. The highest BCUT2D eigenvalue weighted by Gasteiger charge is 2.22. The predicted molar refractivity (Wildman–Crippen MR) is 91.9 cm³/mol. The zero-order valence-corrected chi connectivity index (χ0v) is 14.0. The molecule has 1 fully saturated rings.